The van der Waals surface area contributed by atoms with Gasteiger partial charge in [0.25, 0.3) is 0 Å². The lowest BCUT2D eigenvalue weighted by atomic mass is 9.99. The molecule has 0 fully saturated rings. The van der Waals surface area contributed by atoms with E-state index in [1.165, 1.54) is 22.9 Å². The molecule has 0 spiro atoms. The van der Waals surface area contributed by atoms with Crippen LogP contribution >= 0.6 is 11.8 Å². The van der Waals surface area contributed by atoms with Crippen LogP contribution < -0.4 is 0 Å². The molecular formula is C18H20OS. The van der Waals surface area contributed by atoms with Crippen molar-refractivity contribution in [2.24, 2.45) is 0 Å². The molecule has 2 aromatic carbocycles. The van der Waals surface area contributed by atoms with Gasteiger partial charge in [0.15, 0.2) is 5.12 Å². The van der Waals surface area contributed by atoms with Crippen LogP contribution in [0.25, 0.3) is 0 Å². The first-order valence-corrected chi connectivity index (χ1v) is 7.99. The Hall–Kier alpha value is -1.54. The fraction of sp³-hybridized carbons (Fsp3) is 0.278. The van der Waals surface area contributed by atoms with E-state index in [1.54, 1.807) is 0 Å². The molecule has 0 aliphatic carbocycles. The van der Waals surface area contributed by atoms with Crippen molar-refractivity contribution < 1.29 is 4.79 Å². The van der Waals surface area contributed by atoms with E-state index < -0.39 is 0 Å². The van der Waals surface area contributed by atoms with Gasteiger partial charge in [-0.25, -0.2) is 0 Å². The number of carbonyl (C=O) groups excluding carboxylic acids is 1. The average Bonchev–Trinajstić information content (AvgIpc) is 2.49. The van der Waals surface area contributed by atoms with Crippen molar-refractivity contribution in [3.05, 3.63) is 71.8 Å². The second-order valence-corrected chi connectivity index (χ2v) is 6.12. The fourth-order valence-electron chi connectivity index (χ4n) is 2.14. The Bertz CT molecular complexity index is 522. The molecule has 0 aromatic heterocycles. The number of aryl methyl sites for hydroxylation is 1. The summed E-state index contributed by atoms with van der Waals surface area (Å²) in [5.74, 6) is 1.16. The van der Waals surface area contributed by atoms with Crippen LogP contribution in [0.5, 0.6) is 0 Å². The van der Waals surface area contributed by atoms with E-state index in [1.807, 2.05) is 36.4 Å². The number of hydrogen-bond acceptors (Lipinski definition) is 2. The van der Waals surface area contributed by atoms with Crippen molar-refractivity contribution in [2.45, 2.75) is 25.7 Å². The minimum Gasteiger partial charge on any atom is -0.287 e. The van der Waals surface area contributed by atoms with Crippen molar-refractivity contribution in [3.63, 3.8) is 0 Å². The van der Waals surface area contributed by atoms with E-state index in [0.29, 0.717) is 12.3 Å². The summed E-state index contributed by atoms with van der Waals surface area (Å²) in [6, 6.07) is 20.6. The Labute approximate surface area is 125 Å². The summed E-state index contributed by atoms with van der Waals surface area (Å²) in [5, 5.41) is 0.289. The summed E-state index contributed by atoms with van der Waals surface area (Å²) < 4.78 is 0. The summed E-state index contributed by atoms with van der Waals surface area (Å²) in [5.41, 5.74) is 2.54. The van der Waals surface area contributed by atoms with Crippen LogP contribution in [0.3, 0.4) is 0 Å². The quantitative estimate of drug-likeness (QED) is 0.766. The molecule has 0 radical (unpaired) electrons. The maximum Gasteiger partial charge on any atom is 0.189 e. The van der Waals surface area contributed by atoms with Gasteiger partial charge in [0.1, 0.15) is 0 Å². The lowest BCUT2D eigenvalue weighted by molar-refractivity contribution is -0.111. The van der Waals surface area contributed by atoms with Crippen molar-refractivity contribution in [1.82, 2.24) is 0 Å². The minimum atomic E-state index is 0.289. The summed E-state index contributed by atoms with van der Waals surface area (Å²) >= 11 is 1.46. The molecule has 0 saturated heterocycles. The normalized spacial score (nSPS) is 12.1. The lowest BCUT2D eigenvalue weighted by Gasteiger charge is -2.10. The van der Waals surface area contributed by atoms with E-state index >= 15 is 0 Å². The van der Waals surface area contributed by atoms with Crippen LogP contribution in [0.2, 0.25) is 0 Å². The predicted octanol–water partition coefficient (Wildman–Crippen LogP) is 4.68. The lowest BCUT2D eigenvalue weighted by Crippen LogP contribution is -2.02. The van der Waals surface area contributed by atoms with Crippen molar-refractivity contribution in [1.29, 1.82) is 0 Å². The number of rotatable bonds is 6. The molecule has 2 rings (SSSR count). The molecule has 0 amide bonds. The Morgan fingerprint density at radius 2 is 1.60 bits per heavy atom. The Kier molecular flexibility index (Phi) is 5.87. The molecule has 0 bridgehead atoms. The maximum absolute atomic E-state index is 12.0. The van der Waals surface area contributed by atoms with E-state index in [-0.39, 0.29) is 5.12 Å². The van der Waals surface area contributed by atoms with Crippen molar-refractivity contribution in [3.8, 4) is 0 Å². The minimum absolute atomic E-state index is 0.289. The molecule has 0 aliphatic heterocycles. The van der Waals surface area contributed by atoms with Gasteiger partial charge in [-0.1, -0.05) is 79.3 Å². The Morgan fingerprint density at radius 1 is 1.00 bits per heavy atom. The summed E-state index contributed by atoms with van der Waals surface area (Å²) in [6.07, 6.45) is 1.57. The third-order valence-electron chi connectivity index (χ3n) is 3.34. The zero-order chi connectivity index (χ0) is 14.2. The molecule has 0 aliphatic rings. The first-order valence-electron chi connectivity index (χ1n) is 7.00. The van der Waals surface area contributed by atoms with Gasteiger partial charge < -0.3 is 0 Å². The van der Waals surface area contributed by atoms with Crippen LogP contribution in [0.4, 0.5) is 0 Å². The Morgan fingerprint density at radius 3 is 2.25 bits per heavy atom. The molecule has 0 saturated carbocycles. The van der Waals surface area contributed by atoms with Gasteiger partial charge in [-0.15, -0.1) is 0 Å². The average molecular weight is 284 g/mol. The van der Waals surface area contributed by atoms with Crippen molar-refractivity contribution >= 4 is 16.9 Å². The first kappa shape index (κ1) is 14.9. The van der Waals surface area contributed by atoms with Gasteiger partial charge >= 0.3 is 0 Å². The summed E-state index contributed by atoms with van der Waals surface area (Å²) in [6.45, 7) is 2.12. The molecular weight excluding hydrogens is 264 g/mol. The van der Waals surface area contributed by atoms with Crippen LogP contribution in [0, 0.1) is 0 Å². The highest BCUT2D eigenvalue weighted by molar-refractivity contribution is 8.13. The van der Waals surface area contributed by atoms with E-state index in [2.05, 4.69) is 31.2 Å². The molecule has 0 heterocycles. The zero-order valence-corrected chi connectivity index (χ0v) is 12.6. The van der Waals surface area contributed by atoms with Gasteiger partial charge in [-0.05, 0) is 23.5 Å². The van der Waals surface area contributed by atoms with Crippen LogP contribution in [0.15, 0.2) is 60.7 Å². The standard InChI is InChI=1S/C18H20OS/c1-15(17-10-6-3-7-11-17)14-18(19)20-13-12-16-8-4-2-5-9-16/h2-11,15H,12-14H2,1H3/t15-/m1/s1. The van der Waals surface area contributed by atoms with Gasteiger partial charge in [0, 0.05) is 12.2 Å². The number of carbonyl (C=O) groups is 1. The van der Waals surface area contributed by atoms with E-state index in [9.17, 15) is 4.79 Å². The topological polar surface area (TPSA) is 17.1 Å². The van der Waals surface area contributed by atoms with Crippen LogP contribution in [-0.4, -0.2) is 10.9 Å². The van der Waals surface area contributed by atoms with E-state index in [0.717, 1.165) is 12.2 Å². The highest BCUT2D eigenvalue weighted by atomic mass is 32.2. The molecule has 2 heteroatoms. The molecule has 0 unspecified atom stereocenters. The largest absolute Gasteiger partial charge is 0.287 e. The van der Waals surface area contributed by atoms with Gasteiger partial charge in [-0.2, -0.15) is 0 Å². The molecule has 1 atom stereocenters. The SMILES string of the molecule is C[C@H](CC(=O)SCCc1ccccc1)c1ccccc1. The molecule has 20 heavy (non-hydrogen) atoms. The number of hydrogen-bond donors (Lipinski definition) is 0. The van der Waals surface area contributed by atoms with Gasteiger partial charge in [0.05, 0.1) is 0 Å². The summed E-state index contributed by atoms with van der Waals surface area (Å²) in [7, 11) is 0. The zero-order valence-electron chi connectivity index (χ0n) is 11.8. The van der Waals surface area contributed by atoms with Gasteiger partial charge in [-0.3, -0.25) is 4.79 Å². The molecule has 1 nitrogen and oxygen atoms in total. The summed E-state index contributed by atoms with van der Waals surface area (Å²) in [4.78, 5) is 12.0. The second kappa shape index (κ2) is 7.91. The molecule has 2 aromatic rings. The highest BCUT2D eigenvalue weighted by Gasteiger charge is 2.11. The van der Waals surface area contributed by atoms with Crippen LogP contribution in [0.1, 0.15) is 30.4 Å². The Balaban J connectivity index is 1.73. The smallest absolute Gasteiger partial charge is 0.189 e. The molecule has 0 N–H and O–H groups in total. The first-order chi connectivity index (χ1) is 9.75. The third-order valence-corrected chi connectivity index (χ3v) is 4.23. The maximum atomic E-state index is 12.0. The number of thioether (sulfide) groups is 1. The van der Waals surface area contributed by atoms with Gasteiger partial charge in [0.2, 0.25) is 0 Å². The van der Waals surface area contributed by atoms with E-state index in [4.69, 9.17) is 0 Å². The fourth-order valence-corrected chi connectivity index (χ4v) is 3.07. The third kappa shape index (κ3) is 4.86. The monoisotopic (exact) mass is 284 g/mol. The van der Waals surface area contributed by atoms with Crippen LogP contribution in [-0.2, 0) is 11.2 Å². The second-order valence-electron chi connectivity index (χ2n) is 4.97. The van der Waals surface area contributed by atoms with Crippen molar-refractivity contribution in [2.75, 3.05) is 5.75 Å². The predicted molar refractivity (Wildman–Crippen MR) is 87.1 cm³/mol. The highest BCUT2D eigenvalue weighted by Crippen LogP contribution is 2.22. The molecule has 104 valence electrons. The number of benzene rings is 2.